The fraction of sp³-hybridized carbons (Fsp3) is 0.462. The number of aliphatic hydroxyl groups excluding tert-OH is 3. The van der Waals surface area contributed by atoms with Gasteiger partial charge in [0.2, 0.25) is 5.95 Å². The Balaban J connectivity index is 2.15. The largest absolute Gasteiger partial charge is 0.394 e. The zero-order chi connectivity index (χ0) is 16.0. The lowest BCUT2D eigenvalue weighted by atomic mass is 10.1. The highest BCUT2D eigenvalue weighted by Crippen LogP contribution is 2.37. The Bertz CT molecular complexity index is 708. The third-order valence-corrected chi connectivity index (χ3v) is 4.45. The summed E-state index contributed by atoms with van der Waals surface area (Å²) < 4.78 is 7.14. The molecule has 1 aliphatic heterocycles. The van der Waals surface area contributed by atoms with Gasteiger partial charge in [-0.3, -0.25) is 4.57 Å². The van der Waals surface area contributed by atoms with Crippen molar-refractivity contribution in [3.05, 3.63) is 22.2 Å². The molecule has 1 aromatic heterocycles. The SMILES string of the molecule is CNc1nc2cc(Cl)c(Cl)cc2n1[C@@H]1O[C@H](CO)C(O)[C@@H]1O. The summed E-state index contributed by atoms with van der Waals surface area (Å²) in [5, 5.41) is 33.0. The van der Waals surface area contributed by atoms with Crippen LogP contribution < -0.4 is 5.32 Å². The Kier molecular flexibility index (Phi) is 4.19. The van der Waals surface area contributed by atoms with Gasteiger partial charge in [0.25, 0.3) is 0 Å². The molecule has 22 heavy (non-hydrogen) atoms. The summed E-state index contributed by atoms with van der Waals surface area (Å²) in [6, 6.07) is 3.22. The van der Waals surface area contributed by atoms with Crippen molar-refractivity contribution in [2.45, 2.75) is 24.5 Å². The van der Waals surface area contributed by atoms with E-state index < -0.39 is 31.1 Å². The monoisotopic (exact) mass is 347 g/mol. The van der Waals surface area contributed by atoms with Gasteiger partial charge in [-0.15, -0.1) is 0 Å². The van der Waals surface area contributed by atoms with Crippen LogP contribution in [0.1, 0.15) is 6.23 Å². The molecule has 4 N–H and O–H groups in total. The number of aromatic nitrogens is 2. The number of aliphatic hydroxyl groups is 3. The molecule has 1 aromatic carbocycles. The molecule has 0 bridgehead atoms. The van der Waals surface area contributed by atoms with E-state index in [4.69, 9.17) is 27.9 Å². The molecule has 0 saturated carbocycles. The van der Waals surface area contributed by atoms with Gasteiger partial charge in [0.05, 0.1) is 27.7 Å². The lowest BCUT2D eigenvalue weighted by molar-refractivity contribution is -0.0499. The fourth-order valence-electron chi connectivity index (χ4n) is 2.62. The van der Waals surface area contributed by atoms with Crippen LogP contribution in [0.25, 0.3) is 11.0 Å². The van der Waals surface area contributed by atoms with Crippen molar-refractivity contribution in [2.75, 3.05) is 19.0 Å². The third kappa shape index (κ3) is 2.34. The molecule has 2 heterocycles. The van der Waals surface area contributed by atoms with E-state index in [-0.39, 0.29) is 0 Å². The van der Waals surface area contributed by atoms with Crippen LogP contribution >= 0.6 is 23.2 Å². The predicted molar refractivity (Wildman–Crippen MR) is 82.3 cm³/mol. The van der Waals surface area contributed by atoms with Gasteiger partial charge in [0, 0.05) is 7.05 Å². The van der Waals surface area contributed by atoms with Gasteiger partial charge < -0.3 is 25.4 Å². The van der Waals surface area contributed by atoms with Gasteiger partial charge in [-0.05, 0) is 12.1 Å². The Morgan fingerprint density at radius 3 is 2.55 bits per heavy atom. The summed E-state index contributed by atoms with van der Waals surface area (Å²) in [6.07, 6.45) is -4.18. The second-order valence-electron chi connectivity index (χ2n) is 5.04. The highest BCUT2D eigenvalue weighted by atomic mass is 35.5. The van der Waals surface area contributed by atoms with Crippen LogP contribution in [0, 0.1) is 0 Å². The first-order chi connectivity index (χ1) is 10.5. The Labute approximate surface area is 136 Å². The molecule has 1 aliphatic rings. The van der Waals surface area contributed by atoms with Gasteiger partial charge in [-0.1, -0.05) is 23.2 Å². The van der Waals surface area contributed by atoms with Gasteiger partial charge >= 0.3 is 0 Å². The van der Waals surface area contributed by atoms with Gasteiger partial charge in [-0.2, -0.15) is 0 Å². The molecule has 4 atom stereocenters. The van der Waals surface area contributed by atoms with Crippen LogP contribution in [0.3, 0.4) is 0 Å². The molecule has 3 rings (SSSR count). The predicted octanol–water partition coefficient (Wildman–Crippen LogP) is 0.996. The van der Waals surface area contributed by atoms with E-state index in [1.165, 1.54) is 0 Å². The van der Waals surface area contributed by atoms with Gasteiger partial charge in [-0.25, -0.2) is 4.98 Å². The van der Waals surface area contributed by atoms with Crippen LogP contribution in [0.15, 0.2) is 12.1 Å². The Morgan fingerprint density at radius 1 is 1.27 bits per heavy atom. The molecular formula is C13H15Cl2N3O4. The summed E-state index contributed by atoms with van der Waals surface area (Å²) >= 11 is 12.0. The number of fused-ring (bicyclic) bond motifs is 1. The van der Waals surface area contributed by atoms with Crippen molar-refractivity contribution in [3.63, 3.8) is 0 Å². The molecule has 120 valence electrons. The van der Waals surface area contributed by atoms with Gasteiger partial charge in [0.15, 0.2) is 6.23 Å². The molecule has 7 nitrogen and oxygen atoms in total. The van der Waals surface area contributed by atoms with Crippen molar-refractivity contribution in [1.82, 2.24) is 9.55 Å². The molecule has 9 heteroatoms. The van der Waals surface area contributed by atoms with E-state index in [9.17, 15) is 15.3 Å². The number of nitrogens with zero attached hydrogens (tertiary/aromatic N) is 2. The highest BCUT2D eigenvalue weighted by Gasteiger charge is 2.44. The quantitative estimate of drug-likeness (QED) is 0.660. The average Bonchev–Trinajstić information content (AvgIpc) is 2.98. The minimum absolute atomic E-state index is 0.338. The van der Waals surface area contributed by atoms with Crippen molar-refractivity contribution in [3.8, 4) is 0 Å². The summed E-state index contributed by atoms with van der Waals surface area (Å²) in [7, 11) is 1.67. The summed E-state index contributed by atoms with van der Waals surface area (Å²) in [5.41, 5.74) is 1.16. The van der Waals surface area contributed by atoms with Crippen molar-refractivity contribution in [1.29, 1.82) is 0 Å². The van der Waals surface area contributed by atoms with E-state index in [2.05, 4.69) is 10.3 Å². The van der Waals surface area contributed by atoms with E-state index in [1.54, 1.807) is 23.7 Å². The second kappa shape index (κ2) is 5.84. The van der Waals surface area contributed by atoms with E-state index >= 15 is 0 Å². The molecule has 1 unspecified atom stereocenters. The first-order valence-corrected chi connectivity index (χ1v) is 7.40. The minimum atomic E-state index is -1.21. The maximum absolute atomic E-state index is 10.2. The molecule has 1 fully saturated rings. The maximum Gasteiger partial charge on any atom is 0.205 e. The Morgan fingerprint density at radius 2 is 1.95 bits per heavy atom. The summed E-state index contributed by atoms with van der Waals surface area (Å²) in [4.78, 5) is 4.36. The number of anilines is 1. The molecule has 0 radical (unpaired) electrons. The molecule has 0 spiro atoms. The minimum Gasteiger partial charge on any atom is -0.394 e. The van der Waals surface area contributed by atoms with Crippen LogP contribution in [0.4, 0.5) is 5.95 Å². The number of benzene rings is 1. The van der Waals surface area contributed by atoms with E-state index in [0.717, 1.165) is 0 Å². The number of ether oxygens (including phenoxy) is 1. The number of halogens is 2. The maximum atomic E-state index is 10.2. The molecule has 0 amide bonds. The normalized spacial score (nSPS) is 28.5. The smallest absolute Gasteiger partial charge is 0.205 e. The standard InChI is InChI=1S/C13H15Cl2N3O4/c1-16-13-17-7-2-5(14)6(15)3-8(7)18(13)12-11(21)10(20)9(4-19)22-12/h2-3,9-12,19-21H,4H2,1H3,(H,16,17)/t9-,10?,11+,12-/m1/s1. The second-order valence-corrected chi connectivity index (χ2v) is 5.85. The first kappa shape index (κ1) is 15.8. The van der Waals surface area contributed by atoms with Crippen LogP contribution in [0.2, 0.25) is 10.0 Å². The molecule has 2 aromatic rings. The molecular weight excluding hydrogens is 333 g/mol. The van der Waals surface area contributed by atoms with Crippen molar-refractivity contribution in [2.24, 2.45) is 0 Å². The van der Waals surface area contributed by atoms with Crippen molar-refractivity contribution >= 4 is 40.2 Å². The van der Waals surface area contributed by atoms with Crippen LogP contribution in [0.5, 0.6) is 0 Å². The summed E-state index contributed by atoms with van der Waals surface area (Å²) in [5.74, 6) is 0.420. The van der Waals surface area contributed by atoms with Crippen LogP contribution in [-0.2, 0) is 4.74 Å². The number of hydrogen-bond donors (Lipinski definition) is 4. The summed E-state index contributed by atoms with van der Waals surface area (Å²) in [6.45, 7) is -0.400. The third-order valence-electron chi connectivity index (χ3n) is 3.73. The van der Waals surface area contributed by atoms with Crippen LogP contribution in [-0.4, -0.2) is 56.8 Å². The number of rotatable bonds is 3. The fourth-order valence-corrected chi connectivity index (χ4v) is 2.93. The van der Waals surface area contributed by atoms with E-state index in [0.29, 0.717) is 27.0 Å². The zero-order valence-corrected chi connectivity index (χ0v) is 13.1. The topological polar surface area (TPSA) is 99.8 Å². The van der Waals surface area contributed by atoms with Gasteiger partial charge in [0.1, 0.15) is 18.3 Å². The first-order valence-electron chi connectivity index (χ1n) is 6.65. The number of nitrogens with one attached hydrogen (secondary N) is 1. The Hall–Kier alpha value is -1.09. The number of hydrogen-bond acceptors (Lipinski definition) is 6. The van der Waals surface area contributed by atoms with E-state index in [1.807, 2.05) is 0 Å². The zero-order valence-electron chi connectivity index (χ0n) is 11.6. The molecule has 0 aliphatic carbocycles. The lowest BCUT2D eigenvalue weighted by Crippen LogP contribution is -2.33. The number of imidazole rings is 1. The average molecular weight is 348 g/mol. The van der Waals surface area contributed by atoms with Crippen molar-refractivity contribution < 1.29 is 20.1 Å². The molecule has 1 saturated heterocycles. The highest BCUT2D eigenvalue weighted by molar-refractivity contribution is 6.42. The lowest BCUT2D eigenvalue weighted by Gasteiger charge is -2.19.